The van der Waals surface area contributed by atoms with E-state index < -0.39 is 5.97 Å². The molecule has 0 aliphatic carbocycles. The van der Waals surface area contributed by atoms with Crippen molar-refractivity contribution in [1.29, 1.82) is 0 Å². The van der Waals surface area contributed by atoms with Gasteiger partial charge in [-0.25, -0.2) is 4.79 Å². The van der Waals surface area contributed by atoms with Gasteiger partial charge in [0, 0.05) is 5.56 Å². The minimum atomic E-state index is -1.05. The van der Waals surface area contributed by atoms with Crippen molar-refractivity contribution in [3.8, 4) is 11.3 Å². The van der Waals surface area contributed by atoms with Gasteiger partial charge in [0.15, 0.2) is 0 Å². The normalized spacial score (nSPS) is 15.1. The van der Waals surface area contributed by atoms with E-state index in [1.807, 2.05) is 18.2 Å². The topological polar surface area (TPSA) is 83.1 Å². The van der Waals surface area contributed by atoms with Crippen molar-refractivity contribution in [3.05, 3.63) is 82.6 Å². The first-order valence-electron chi connectivity index (χ1n) is 8.74. The van der Waals surface area contributed by atoms with Gasteiger partial charge in [-0.3, -0.25) is 4.79 Å². The number of halogens is 1. The molecule has 0 spiro atoms. The maximum Gasteiger partial charge on any atom is 0.335 e. The second-order valence-electron chi connectivity index (χ2n) is 6.40. The number of furan rings is 1. The summed E-state index contributed by atoms with van der Waals surface area (Å²) in [5.41, 5.74) is 2.24. The highest BCUT2D eigenvalue weighted by atomic mass is 35.5. The van der Waals surface area contributed by atoms with E-state index in [0.29, 0.717) is 39.1 Å². The molecule has 144 valence electrons. The Morgan fingerprint density at radius 1 is 1.14 bits per heavy atom. The predicted octanol–water partition coefficient (Wildman–Crippen LogP) is 5.10. The second kappa shape index (κ2) is 7.41. The van der Waals surface area contributed by atoms with E-state index in [2.05, 4.69) is 5.10 Å². The number of rotatable bonds is 4. The zero-order chi connectivity index (χ0) is 20.5. The van der Waals surface area contributed by atoms with Crippen LogP contribution >= 0.6 is 11.6 Å². The van der Waals surface area contributed by atoms with Crippen molar-refractivity contribution in [2.24, 2.45) is 5.10 Å². The Kier molecular flexibility index (Phi) is 4.78. The van der Waals surface area contributed by atoms with E-state index in [4.69, 9.17) is 16.0 Å². The summed E-state index contributed by atoms with van der Waals surface area (Å²) in [7, 11) is 0. The molecule has 1 aliphatic heterocycles. The number of hydrogen-bond donors (Lipinski definition) is 1. The average molecular weight is 407 g/mol. The van der Waals surface area contributed by atoms with Gasteiger partial charge in [0.1, 0.15) is 11.5 Å². The van der Waals surface area contributed by atoms with E-state index in [1.54, 1.807) is 37.3 Å². The lowest BCUT2D eigenvalue weighted by Gasteiger charge is -2.10. The minimum Gasteiger partial charge on any atom is -0.478 e. The number of benzene rings is 2. The number of carbonyl (C=O) groups excluding carboxylic acids is 1. The van der Waals surface area contributed by atoms with Crippen LogP contribution in [0.25, 0.3) is 17.4 Å². The molecular formula is C22H15ClN2O4. The van der Waals surface area contributed by atoms with Gasteiger partial charge in [0.2, 0.25) is 0 Å². The predicted molar refractivity (Wildman–Crippen MR) is 111 cm³/mol. The zero-order valence-corrected chi connectivity index (χ0v) is 16.1. The molecule has 3 aromatic rings. The second-order valence-corrected chi connectivity index (χ2v) is 6.80. The fourth-order valence-corrected chi connectivity index (χ4v) is 3.20. The van der Waals surface area contributed by atoms with Crippen molar-refractivity contribution in [2.75, 3.05) is 5.01 Å². The number of hydrazone groups is 1. The zero-order valence-electron chi connectivity index (χ0n) is 15.3. The smallest absolute Gasteiger partial charge is 0.335 e. The standard InChI is InChI=1S/C22H15ClN2O4/c1-13-17(21(26)25(24-13)15-5-3-2-4-6-15)12-16-8-10-20(29-16)18-11-14(22(27)28)7-9-19(18)23/h2-12H,1H3,(H,27,28). The van der Waals surface area contributed by atoms with Gasteiger partial charge >= 0.3 is 5.97 Å². The van der Waals surface area contributed by atoms with Gasteiger partial charge in [0.05, 0.1) is 27.6 Å². The lowest BCUT2D eigenvalue weighted by atomic mass is 10.1. The fourth-order valence-electron chi connectivity index (χ4n) is 2.99. The van der Waals surface area contributed by atoms with Gasteiger partial charge in [0.25, 0.3) is 5.91 Å². The first-order chi connectivity index (χ1) is 13.9. The summed E-state index contributed by atoms with van der Waals surface area (Å²) in [4.78, 5) is 24.0. The van der Waals surface area contributed by atoms with Crippen LogP contribution in [0, 0.1) is 0 Å². The molecule has 0 saturated carbocycles. The monoisotopic (exact) mass is 406 g/mol. The average Bonchev–Trinajstić information content (AvgIpc) is 3.29. The summed E-state index contributed by atoms with van der Waals surface area (Å²) in [5.74, 6) is -0.465. The number of nitrogens with zero attached hydrogens (tertiary/aromatic N) is 2. The van der Waals surface area contributed by atoms with Gasteiger partial charge in [-0.05, 0) is 55.5 Å². The van der Waals surface area contributed by atoms with Crippen LogP contribution in [0.4, 0.5) is 5.69 Å². The largest absolute Gasteiger partial charge is 0.478 e. The summed E-state index contributed by atoms with van der Waals surface area (Å²) in [6.07, 6.45) is 1.61. The number of aromatic carboxylic acids is 1. The molecule has 29 heavy (non-hydrogen) atoms. The van der Waals surface area contributed by atoms with Crippen LogP contribution in [0.2, 0.25) is 5.02 Å². The molecule has 1 N–H and O–H groups in total. The molecule has 0 saturated heterocycles. The molecule has 1 aromatic heterocycles. The maximum atomic E-state index is 12.8. The number of anilines is 1. The highest BCUT2D eigenvalue weighted by molar-refractivity contribution is 6.33. The lowest BCUT2D eigenvalue weighted by molar-refractivity contribution is -0.114. The van der Waals surface area contributed by atoms with Crippen LogP contribution in [0.15, 0.2) is 75.8 Å². The first-order valence-corrected chi connectivity index (χ1v) is 9.11. The van der Waals surface area contributed by atoms with Gasteiger partial charge < -0.3 is 9.52 Å². The third kappa shape index (κ3) is 3.58. The van der Waals surface area contributed by atoms with E-state index in [1.165, 1.54) is 23.2 Å². The molecule has 0 bridgehead atoms. The van der Waals surface area contributed by atoms with Crippen LogP contribution in [0.5, 0.6) is 0 Å². The molecule has 0 fully saturated rings. The summed E-state index contributed by atoms with van der Waals surface area (Å²) < 4.78 is 5.81. The highest BCUT2D eigenvalue weighted by Crippen LogP contribution is 2.32. The van der Waals surface area contributed by atoms with Crippen molar-refractivity contribution < 1.29 is 19.1 Å². The van der Waals surface area contributed by atoms with E-state index in [0.717, 1.165) is 0 Å². The Balaban J connectivity index is 1.65. The molecule has 7 heteroatoms. The number of amides is 1. The number of para-hydroxylation sites is 1. The summed E-state index contributed by atoms with van der Waals surface area (Å²) in [6.45, 7) is 1.75. The van der Waals surface area contributed by atoms with Crippen molar-refractivity contribution in [2.45, 2.75) is 6.92 Å². The van der Waals surface area contributed by atoms with Crippen LogP contribution in [0.1, 0.15) is 23.0 Å². The van der Waals surface area contributed by atoms with Crippen LogP contribution in [0.3, 0.4) is 0 Å². The molecule has 2 heterocycles. The molecule has 1 amide bonds. The number of carboxylic acids is 1. The molecule has 6 nitrogen and oxygen atoms in total. The highest BCUT2D eigenvalue weighted by Gasteiger charge is 2.29. The molecule has 4 rings (SSSR count). The van der Waals surface area contributed by atoms with E-state index >= 15 is 0 Å². The summed E-state index contributed by atoms with van der Waals surface area (Å²) in [5, 5.41) is 15.2. The molecule has 0 radical (unpaired) electrons. The molecule has 0 unspecified atom stereocenters. The SMILES string of the molecule is CC1=NN(c2ccccc2)C(=O)C1=Cc1ccc(-c2cc(C(=O)O)ccc2Cl)o1. The minimum absolute atomic E-state index is 0.105. The Labute approximate surface area is 171 Å². The third-order valence-electron chi connectivity index (χ3n) is 4.46. The van der Waals surface area contributed by atoms with Gasteiger partial charge in [-0.1, -0.05) is 29.8 Å². The summed E-state index contributed by atoms with van der Waals surface area (Å²) >= 11 is 6.20. The molecule has 0 atom stereocenters. The van der Waals surface area contributed by atoms with Crippen LogP contribution < -0.4 is 5.01 Å². The number of hydrogen-bond acceptors (Lipinski definition) is 4. The molecular weight excluding hydrogens is 392 g/mol. The number of carbonyl (C=O) groups is 2. The van der Waals surface area contributed by atoms with Crippen molar-refractivity contribution in [1.82, 2.24) is 0 Å². The first kappa shape index (κ1) is 18.7. The Bertz CT molecular complexity index is 1180. The Morgan fingerprint density at radius 2 is 1.90 bits per heavy atom. The quantitative estimate of drug-likeness (QED) is 0.610. The van der Waals surface area contributed by atoms with Crippen molar-refractivity contribution >= 4 is 41.0 Å². The van der Waals surface area contributed by atoms with Crippen LogP contribution in [-0.4, -0.2) is 22.7 Å². The van der Waals surface area contributed by atoms with Gasteiger partial charge in [-0.15, -0.1) is 0 Å². The fraction of sp³-hybridized carbons (Fsp3) is 0.0455. The maximum absolute atomic E-state index is 12.8. The lowest BCUT2D eigenvalue weighted by Crippen LogP contribution is -2.21. The van der Waals surface area contributed by atoms with Crippen LogP contribution in [-0.2, 0) is 4.79 Å². The van der Waals surface area contributed by atoms with Gasteiger partial charge in [-0.2, -0.15) is 10.1 Å². The molecule has 1 aliphatic rings. The Morgan fingerprint density at radius 3 is 2.62 bits per heavy atom. The third-order valence-corrected chi connectivity index (χ3v) is 4.79. The molecule has 2 aromatic carbocycles. The summed E-state index contributed by atoms with van der Waals surface area (Å²) in [6, 6.07) is 16.9. The van der Waals surface area contributed by atoms with Crippen molar-refractivity contribution in [3.63, 3.8) is 0 Å². The number of carboxylic acid groups (broad SMARTS) is 1. The Hall–Kier alpha value is -3.64. The van der Waals surface area contributed by atoms with E-state index in [-0.39, 0.29) is 11.5 Å². The van der Waals surface area contributed by atoms with E-state index in [9.17, 15) is 14.7 Å².